The number of rotatable bonds is 6. The van der Waals surface area contributed by atoms with E-state index in [1.165, 1.54) is 29.8 Å². The molecule has 3 heterocycles. The maximum absolute atomic E-state index is 5.46. The third-order valence-electron chi connectivity index (χ3n) is 5.74. The van der Waals surface area contributed by atoms with E-state index in [0.717, 1.165) is 37.0 Å². The molecule has 2 unspecified atom stereocenters. The molecule has 4 rings (SSSR count). The lowest BCUT2D eigenvalue weighted by Crippen LogP contribution is -2.45. The molecule has 1 aromatic heterocycles. The number of benzene rings is 1. The van der Waals surface area contributed by atoms with Gasteiger partial charge in [-0.1, -0.05) is 12.1 Å². The monoisotopic (exact) mass is 414 g/mol. The molecule has 0 aliphatic carbocycles. The molecule has 2 atom stereocenters. The molecule has 1 aromatic carbocycles. The molecule has 2 N–H and O–H groups in total. The quantitative estimate of drug-likeness (QED) is 0.561. The third-order valence-corrected chi connectivity index (χ3v) is 6.68. The number of ether oxygens (including phenoxy) is 2. The molecule has 7 heteroatoms. The Labute approximate surface area is 176 Å². The molecule has 1 fully saturated rings. The minimum absolute atomic E-state index is 0.316. The van der Waals surface area contributed by atoms with Gasteiger partial charge in [-0.25, -0.2) is 0 Å². The van der Waals surface area contributed by atoms with Crippen LogP contribution in [0.3, 0.4) is 0 Å². The summed E-state index contributed by atoms with van der Waals surface area (Å²) in [7, 11) is 4.08. The SMILES string of the molecule is CN=C(NCCc1ccc2c(c1)OCO2)NCC1CCCN(C)C1c1cccs1. The fraction of sp³-hybridized carbons (Fsp3) is 0.500. The Morgan fingerprint density at radius 3 is 2.97 bits per heavy atom. The lowest BCUT2D eigenvalue weighted by atomic mass is 9.88. The van der Waals surface area contributed by atoms with Gasteiger partial charge in [0.15, 0.2) is 17.5 Å². The van der Waals surface area contributed by atoms with Crippen LogP contribution in [0.2, 0.25) is 0 Å². The molecule has 6 nitrogen and oxygen atoms in total. The number of nitrogens with one attached hydrogen (secondary N) is 2. The number of likely N-dealkylation sites (tertiary alicyclic amines) is 1. The third kappa shape index (κ3) is 4.85. The highest BCUT2D eigenvalue weighted by Crippen LogP contribution is 2.36. The summed E-state index contributed by atoms with van der Waals surface area (Å²) in [5.41, 5.74) is 1.23. The average Bonchev–Trinajstić information content (AvgIpc) is 3.42. The largest absolute Gasteiger partial charge is 0.454 e. The zero-order valence-corrected chi connectivity index (χ0v) is 18.0. The molecule has 0 amide bonds. The number of thiophene rings is 1. The number of aliphatic imine (C=N–C) groups is 1. The van der Waals surface area contributed by atoms with Crippen LogP contribution in [0.1, 0.15) is 29.3 Å². The Hall–Kier alpha value is -2.25. The summed E-state index contributed by atoms with van der Waals surface area (Å²) in [6.45, 7) is 3.23. The predicted molar refractivity (Wildman–Crippen MR) is 118 cm³/mol. The van der Waals surface area contributed by atoms with E-state index in [9.17, 15) is 0 Å². The maximum Gasteiger partial charge on any atom is 0.231 e. The summed E-state index contributed by atoms with van der Waals surface area (Å²) in [4.78, 5) is 8.37. The molecule has 0 saturated carbocycles. The Morgan fingerprint density at radius 2 is 2.14 bits per heavy atom. The van der Waals surface area contributed by atoms with Crippen LogP contribution in [0.15, 0.2) is 40.7 Å². The van der Waals surface area contributed by atoms with E-state index in [0.29, 0.717) is 18.8 Å². The van der Waals surface area contributed by atoms with Crippen molar-refractivity contribution in [1.29, 1.82) is 0 Å². The van der Waals surface area contributed by atoms with Crippen molar-refractivity contribution in [2.24, 2.45) is 10.9 Å². The predicted octanol–water partition coefficient (Wildman–Crippen LogP) is 3.27. The van der Waals surface area contributed by atoms with Gasteiger partial charge in [0.2, 0.25) is 6.79 Å². The van der Waals surface area contributed by atoms with Crippen molar-refractivity contribution in [1.82, 2.24) is 15.5 Å². The molecular weight excluding hydrogens is 384 g/mol. The van der Waals surface area contributed by atoms with Gasteiger partial charge < -0.3 is 20.1 Å². The smallest absolute Gasteiger partial charge is 0.231 e. The van der Waals surface area contributed by atoms with E-state index < -0.39 is 0 Å². The van der Waals surface area contributed by atoms with Crippen molar-refractivity contribution in [3.63, 3.8) is 0 Å². The molecule has 0 bridgehead atoms. The Bertz CT molecular complexity index is 824. The molecule has 2 aliphatic rings. The normalized spacial score (nSPS) is 21.9. The van der Waals surface area contributed by atoms with Crippen molar-refractivity contribution >= 4 is 17.3 Å². The topological polar surface area (TPSA) is 58.1 Å². The Morgan fingerprint density at radius 1 is 1.24 bits per heavy atom. The van der Waals surface area contributed by atoms with Gasteiger partial charge in [0.1, 0.15) is 0 Å². The molecule has 2 aliphatic heterocycles. The average molecular weight is 415 g/mol. The Balaban J connectivity index is 1.27. The van der Waals surface area contributed by atoms with Crippen molar-refractivity contribution in [3.05, 3.63) is 46.2 Å². The first-order chi connectivity index (χ1) is 14.2. The van der Waals surface area contributed by atoms with Crippen molar-refractivity contribution < 1.29 is 9.47 Å². The van der Waals surface area contributed by atoms with Crippen LogP contribution < -0.4 is 20.1 Å². The van der Waals surface area contributed by atoms with Gasteiger partial charge in [-0.15, -0.1) is 11.3 Å². The fourth-order valence-electron chi connectivity index (χ4n) is 4.25. The summed E-state index contributed by atoms with van der Waals surface area (Å²) in [5.74, 6) is 3.12. The summed E-state index contributed by atoms with van der Waals surface area (Å²) >= 11 is 1.86. The van der Waals surface area contributed by atoms with Crippen LogP contribution in [0.25, 0.3) is 0 Å². The first kappa shape index (κ1) is 20.0. The number of guanidine groups is 1. The second kappa shape index (κ2) is 9.50. The lowest BCUT2D eigenvalue weighted by Gasteiger charge is -2.39. The lowest BCUT2D eigenvalue weighted by molar-refractivity contribution is 0.125. The molecule has 0 spiro atoms. The van der Waals surface area contributed by atoms with E-state index in [2.05, 4.69) is 57.2 Å². The second-order valence-electron chi connectivity index (χ2n) is 7.66. The molecule has 2 aromatic rings. The van der Waals surface area contributed by atoms with Crippen LogP contribution in [-0.4, -0.2) is 51.4 Å². The highest BCUT2D eigenvalue weighted by molar-refractivity contribution is 7.10. The van der Waals surface area contributed by atoms with Crippen LogP contribution >= 0.6 is 11.3 Å². The molecule has 1 saturated heterocycles. The fourth-order valence-corrected chi connectivity index (χ4v) is 5.24. The van der Waals surface area contributed by atoms with Gasteiger partial charge in [-0.3, -0.25) is 9.89 Å². The Kier molecular flexibility index (Phi) is 6.56. The van der Waals surface area contributed by atoms with Crippen LogP contribution in [0, 0.1) is 5.92 Å². The van der Waals surface area contributed by atoms with Gasteiger partial charge in [-0.05, 0) is 67.9 Å². The minimum atomic E-state index is 0.316. The van der Waals surface area contributed by atoms with Crippen LogP contribution in [0.5, 0.6) is 11.5 Å². The van der Waals surface area contributed by atoms with E-state index in [-0.39, 0.29) is 0 Å². The highest BCUT2D eigenvalue weighted by atomic mass is 32.1. The minimum Gasteiger partial charge on any atom is -0.454 e. The first-order valence-corrected chi connectivity index (χ1v) is 11.2. The van der Waals surface area contributed by atoms with Gasteiger partial charge in [0, 0.05) is 31.1 Å². The van der Waals surface area contributed by atoms with Gasteiger partial charge >= 0.3 is 0 Å². The zero-order valence-electron chi connectivity index (χ0n) is 17.2. The summed E-state index contributed by atoms with van der Waals surface area (Å²) in [6.07, 6.45) is 3.40. The van der Waals surface area contributed by atoms with Gasteiger partial charge in [0.05, 0.1) is 0 Å². The molecule has 29 heavy (non-hydrogen) atoms. The number of fused-ring (bicyclic) bond motifs is 1. The zero-order chi connectivity index (χ0) is 20.1. The maximum atomic E-state index is 5.46. The summed E-state index contributed by atoms with van der Waals surface area (Å²) in [5, 5.41) is 9.17. The van der Waals surface area contributed by atoms with Gasteiger partial charge in [0.25, 0.3) is 0 Å². The highest BCUT2D eigenvalue weighted by Gasteiger charge is 2.31. The van der Waals surface area contributed by atoms with Crippen molar-refractivity contribution in [2.45, 2.75) is 25.3 Å². The number of hydrogen-bond donors (Lipinski definition) is 2. The summed E-state index contributed by atoms with van der Waals surface area (Å²) < 4.78 is 10.8. The van der Waals surface area contributed by atoms with E-state index in [4.69, 9.17) is 9.47 Å². The van der Waals surface area contributed by atoms with E-state index in [1.54, 1.807) is 0 Å². The van der Waals surface area contributed by atoms with Crippen LogP contribution in [-0.2, 0) is 6.42 Å². The second-order valence-corrected chi connectivity index (χ2v) is 8.64. The van der Waals surface area contributed by atoms with Crippen molar-refractivity contribution in [3.8, 4) is 11.5 Å². The van der Waals surface area contributed by atoms with E-state index >= 15 is 0 Å². The summed E-state index contributed by atoms with van der Waals surface area (Å²) in [6, 6.07) is 11.0. The van der Waals surface area contributed by atoms with Gasteiger partial charge in [-0.2, -0.15) is 0 Å². The molecular formula is C22H30N4O2S. The number of hydrogen-bond acceptors (Lipinski definition) is 5. The molecule has 156 valence electrons. The van der Waals surface area contributed by atoms with Crippen LogP contribution in [0.4, 0.5) is 0 Å². The van der Waals surface area contributed by atoms with Crippen molar-refractivity contribution in [2.75, 3.05) is 40.5 Å². The number of nitrogens with zero attached hydrogens (tertiary/aromatic N) is 2. The van der Waals surface area contributed by atoms with E-state index in [1.807, 2.05) is 24.5 Å². The number of piperidine rings is 1. The first-order valence-electron chi connectivity index (χ1n) is 10.3. The standard InChI is InChI=1S/C22H30N4O2S/c1-23-22(24-10-9-16-7-8-18-19(13-16)28-15-27-18)25-14-17-5-3-11-26(2)21(17)20-6-4-12-29-20/h4,6-8,12-13,17,21H,3,5,9-11,14-15H2,1-2H3,(H2,23,24,25). The molecule has 0 radical (unpaired) electrons.